The van der Waals surface area contributed by atoms with E-state index in [1.165, 1.54) is 11.3 Å². The van der Waals surface area contributed by atoms with Crippen LogP contribution < -0.4 is 4.90 Å². The molecule has 0 saturated carbocycles. The average molecular weight is 356 g/mol. The van der Waals surface area contributed by atoms with Gasteiger partial charge in [-0.2, -0.15) is 0 Å². The summed E-state index contributed by atoms with van der Waals surface area (Å²) in [6.45, 7) is 4.53. The third-order valence-corrected chi connectivity index (χ3v) is 5.14. The number of amides is 1. The number of hydrogen-bond acceptors (Lipinski definition) is 3. The summed E-state index contributed by atoms with van der Waals surface area (Å²) in [6, 6.07) is 11.4. The molecule has 0 unspecified atom stereocenters. The quantitative estimate of drug-likeness (QED) is 0.726. The lowest BCUT2D eigenvalue weighted by Crippen LogP contribution is -2.34. The minimum atomic E-state index is -1.02. The van der Waals surface area contributed by atoms with Crippen LogP contribution in [0.3, 0.4) is 0 Å². The molecule has 5 nitrogen and oxygen atoms in total. The molecule has 2 aromatic heterocycles. The van der Waals surface area contributed by atoms with Crippen molar-refractivity contribution >= 4 is 39.1 Å². The normalized spacial score (nSPS) is 11.0. The van der Waals surface area contributed by atoms with Gasteiger partial charge < -0.3 is 14.6 Å². The van der Waals surface area contributed by atoms with E-state index in [-0.39, 0.29) is 18.1 Å². The first-order valence-corrected chi connectivity index (χ1v) is 9.12. The molecule has 0 atom stereocenters. The Bertz CT molecular complexity index is 926. The number of aryl methyl sites for hydroxylation is 1. The van der Waals surface area contributed by atoms with Gasteiger partial charge in [-0.3, -0.25) is 4.79 Å². The zero-order valence-corrected chi connectivity index (χ0v) is 15.0. The molecule has 3 rings (SSSR count). The summed E-state index contributed by atoms with van der Waals surface area (Å²) in [7, 11) is 0. The predicted octanol–water partition coefficient (Wildman–Crippen LogP) is 4.02. The number of benzene rings is 1. The van der Waals surface area contributed by atoms with Crippen LogP contribution in [-0.2, 0) is 17.8 Å². The molecule has 0 fully saturated rings. The largest absolute Gasteiger partial charge is 0.477 e. The molecular weight excluding hydrogens is 336 g/mol. The topological polar surface area (TPSA) is 62.5 Å². The third kappa shape index (κ3) is 3.30. The zero-order valence-electron chi connectivity index (χ0n) is 14.2. The molecule has 1 amide bonds. The molecular formula is C19H20N2O3S. The number of anilines is 1. The van der Waals surface area contributed by atoms with Crippen LogP contribution in [0.15, 0.2) is 41.8 Å². The Morgan fingerprint density at radius 1 is 1.20 bits per heavy atom. The zero-order chi connectivity index (χ0) is 18.0. The van der Waals surface area contributed by atoms with Crippen molar-refractivity contribution in [2.24, 2.45) is 0 Å². The van der Waals surface area contributed by atoms with Crippen LogP contribution in [0.4, 0.5) is 5.69 Å². The molecule has 130 valence electrons. The first-order chi connectivity index (χ1) is 12.0. The van der Waals surface area contributed by atoms with E-state index in [9.17, 15) is 14.7 Å². The summed E-state index contributed by atoms with van der Waals surface area (Å²) in [5, 5.41) is 11.3. The van der Waals surface area contributed by atoms with Crippen LogP contribution >= 0.6 is 11.3 Å². The van der Waals surface area contributed by atoms with E-state index in [1.54, 1.807) is 15.5 Å². The number of thiophene rings is 1. The highest BCUT2D eigenvalue weighted by Gasteiger charge is 2.21. The molecule has 0 radical (unpaired) electrons. The molecule has 0 aliphatic carbocycles. The number of hydrogen-bond donors (Lipinski definition) is 1. The first-order valence-electron chi connectivity index (χ1n) is 8.24. The van der Waals surface area contributed by atoms with Crippen molar-refractivity contribution in [1.82, 2.24) is 4.57 Å². The molecule has 25 heavy (non-hydrogen) atoms. The number of aromatic carboxylic acids is 1. The Hall–Kier alpha value is -2.60. The third-order valence-electron chi connectivity index (χ3n) is 4.28. The monoisotopic (exact) mass is 356 g/mol. The smallest absolute Gasteiger partial charge is 0.352 e. The van der Waals surface area contributed by atoms with Crippen molar-refractivity contribution in [2.75, 3.05) is 11.4 Å². The average Bonchev–Trinajstić information content (AvgIpc) is 3.18. The van der Waals surface area contributed by atoms with Gasteiger partial charge in [-0.1, -0.05) is 19.1 Å². The van der Waals surface area contributed by atoms with Crippen LogP contribution in [0.2, 0.25) is 0 Å². The molecule has 0 spiro atoms. The highest BCUT2D eigenvalue weighted by atomic mass is 32.1. The molecule has 1 aromatic carbocycles. The molecule has 0 aliphatic heterocycles. The minimum absolute atomic E-state index is 0.00601. The van der Waals surface area contributed by atoms with E-state index in [1.807, 2.05) is 42.6 Å². The standard InChI is InChI=1S/C19H20N2O3S/c1-3-13-6-5-7-14(10-13)20(4-2)18(22)12-21-15-8-9-25-17(15)11-16(21)19(23)24/h5-11H,3-4,12H2,1-2H3,(H,23,24). The van der Waals surface area contributed by atoms with Gasteiger partial charge in [0.1, 0.15) is 12.2 Å². The number of fused-ring (bicyclic) bond motifs is 1. The fourth-order valence-corrected chi connectivity index (χ4v) is 3.81. The Labute approximate surface area is 150 Å². The van der Waals surface area contributed by atoms with Crippen molar-refractivity contribution in [1.29, 1.82) is 0 Å². The maximum absolute atomic E-state index is 12.9. The van der Waals surface area contributed by atoms with E-state index >= 15 is 0 Å². The van der Waals surface area contributed by atoms with Crippen LogP contribution in [-0.4, -0.2) is 28.1 Å². The van der Waals surface area contributed by atoms with Crippen molar-refractivity contribution in [3.8, 4) is 0 Å². The van der Waals surface area contributed by atoms with E-state index < -0.39 is 5.97 Å². The summed E-state index contributed by atoms with van der Waals surface area (Å²) in [5.41, 5.74) is 2.94. The van der Waals surface area contributed by atoms with Crippen molar-refractivity contribution in [3.05, 3.63) is 53.0 Å². The maximum Gasteiger partial charge on any atom is 0.352 e. The van der Waals surface area contributed by atoms with Gasteiger partial charge in [0.05, 0.1) is 10.2 Å². The highest BCUT2D eigenvalue weighted by molar-refractivity contribution is 7.17. The van der Waals surface area contributed by atoms with Gasteiger partial charge in [-0.05, 0) is 48.6 Å². The molecule has 3 aromatic rings. The Morgan fingerprint density at radius 3 is 2.68 bits per heavy atom. The summed E-state index contributed by atoms with van der Waals surface area (Å²) in [4.78, 5) is 26.1. The summed E-state index contributed by atoms with van der Waals surface area (Å²) < 4.78 is 2.46. The Morgan fingerprint density at radius 2 is 2.00 bits per heavy atom. The number of carboxylic acid groups (broad SMARTS) is 1. The number of carbonyl (C=O) groups excluding carboxylic acids is 1. The van der Waals surface area contributed by atoms with Crippen molar-refractivity contribution < 1.29 is 14.7 Å². The SMILES string of the molecule is CCc1cccc(N(CC)C(=O)Cn2c(C(=O)O)cc3sccc32)c1. The lowest BCUT2D eigenvalue weighted by molar-refractivity contribution is -0.119. The van der Waals surface area contributed by atoms with Crippen LogP contribution in [0.25, 0.3) is 10.2 Å². The maximum atomic E-state index is 12.9. The van der Waals surface area contributed by atoms with Gasteiger partial charge in [0.25, 0.3) is 0 Å². The van der Waals surface area contributed by atoms with Crippen LogP contribution in [0.5, 0.6) is 0 Å². The van der Waals surface area contributed by atoms with Gasteiger partial charge in [0.2, 0.25) is 5.91 Å². The fourth-order valence-electron chi connectivity index (χ4n) is 2.99. The predicted molar refractivity (Wildman–Crippen MR) is 101 cm³/mol. The summed E-state index contributed by atoms with van der Waals surface area (Å²) >= 11 is 1.47. The molecule has 0 bridgehead atoms. The Balaban J connectivity index is 1.93. The lowest BCUT2D eigenvalue weighted by Gasteiger charge is -2.22. The number of aromatic nitrogens is 1. The Kier molecular flexibility index (Phi) is 4.90. The molecule has 0 saturated heterocycles. The fraction of sp³-hybridized carbons (Fsp3) is 0.263. The second kappa shape index (κ2) is 7.11. The molecule has 0 aliphatic rings. The van der Waals surface area contributed by atoms with Crippen molar-refractivity contribution in [2.45, 2.75) is 26.8 Å². The van der Waals surface area contributed by atoms with E-state index in [0.717, 1.165) is 27.9 Å². The number of carbonyl (C=O) groups is 2. The van der Waals surface area contributed by atoms with Gasteiger partial charge >= 0.3 is 5.97 Å². The summed E-state index contributed by atoms with van der Waals surface area (Å²) in [5.74, 6) is -1.14. The number of carboxylic acids is 1. The lowest BCUT2D eigenvalue weighted by atomic mass is 10.1. The van der Waals surface area contributed by atoms with E-state index in [0.29, 0.717) is 6.54 Å². The van der Waals surface area contributed by atoms with Crippen LogP contribution in [0.1, 0.15) is 29.9 Å². The van der Waals surface area contributed by atoms with Crippen molar-refractivity contribution in [3.63, 3.8) is 0 Å². The summed E-state index contributed by atoms with van der Waals surface area (Å²) in [6.07, 6.45) is 0.899. The van der Waals surface area contributed by atoms with Crippen LogP contribution in [0, 0.1) is 0 Å². The van der Waals surface area contributed by atoms with Gasteiger partial charge in [-0.25, -0.2) is 4.79 Å². The van der Waals surface area contributed by atoms with E-state index in [2.05, 4.69) is 6.92 Å². The number of likely N-dealkylation sites (N-methyl/N-ethyl adjacent to an activating group) is 1. The molecule has 1 N–H and O–H groups in total. The first kappa shape index (κ1) is 17.2. The van der Waals surface area contributed by atoms with Gasteiger partial charge in [0, 0.05) is 12.2 Å². The van der Waals surface area contributed by atoms with E-state index in [4.69, 9.17) is 0 Å². The molecule has 2 heterocycles. The molecule has 6 heteroatoms. The second-order valence-corrected chi connectivity index (χ2v) is 6.70. The second-order valence-electron chi connectivity index (χ2n) is 5.75. The highest BCUT2D eigenvalue weighted by Crippen LogP contribution is 2.26. The van der Waals surface area contributed by atoms with Gasteiger partial charge in [0.15, 0.2) is 0 Å². The number of nitrogens with zero attached hydrogens (tertiary/aromatic N) is 2. The minimum Gasteiger partial charge on any atom is -0.477 e. The van der Waals surface area contributed by atoms with Gasteiger partial charge in [-0.15, -0.1) is 11.3 Å². The number of rotatable bonds is 6.